The summed E-state index contributed by atoms with van der Waals surface area (Å²) in [6.07, 6.45) is 7.33. The Labute approximate surface area is 116 Å². The maximum atomic E-state index is 10.4. The molecule has 2 unspecified atom stereocenters. The zero-order valence-corrected chi connectivity index (χ0v) is 11.6. The van der Waals surface area contributed by atoms with E-state index in [1.807, 2.05) is 6.07 Å². The maximum absolute atomic E-state index is 10.4. The molecular weight excluding hydrogens is 234 g/mol. The molecule has 0 amide bonds. The molecule has 3 rings (SSSR count). The van der Waals surface area contributed by atoms with E-state index in [1.54, 1.807) is 0 Å². The molecule has 2 atom stereocenters. The summed E-state index contributed by atoms with van der Waals surface area (Å²) in [5, 5.41) is 14.0. The van der Waals surface area contributed by atoms with Gasteiger partial charge >= 0.3 is 0 Å². The number of rotatable bonds is 6. The summed E-state index contributed by atoms with van der Waals surface area (Å²) in [5.41, 5.74) is 2.50. The fraction of sp³-hybridized carbons (Fsp3) is 0.647. The van der Waals surface area contributed by atoms with Gasteiger partial charge in [-0.1, -0.05) is 37.1 Å². The normalized spacial score (nSPS) is 26.2. The summed E-state index contributed by atoms with van der Waals surface area (Å²) in [5.74, 6) is 1.45. The third-order valence-corrected chi connectivity index (χ3v) is 4.72. The Balaban J connectivity index is 1.44. The molecule has 0 aliphatic heterocycles. The molecule has 104 valence electrons. The van der Waals surface area contributed by atoms with Gasteiger partial charge in [0.05, 0.1) is 6.10 Å². The van der Waals surface area contributed by atoms with E-state index in [9.17, 15) is 5.11 Å². The van der Waals surface area contributed by atoms with Crippen molar-refractivity contribution < 1.29 is 5.11 Å². The van der Waals surface area contributed by atoms with Crippen molar-refractivity contribution in [1.29, 1.82) is 0 Å². The van der Waals surface area contributed by atoms with Crippen LogP contribution < -0.4 is 5.32 Å². The topological polar surface area (TPSA) is 32.3 Å². The second kappa shape index (κ2) is 6.06. The molecule has 2 heteroatoms. The molecule has 1 saturated carbocycles. The van der Waals surface area contributed by atoms with Crippen LogP contribution in [-0.4, -0.2) is 18.2 Å². The summed E-state index contributed by atoms with van der Waals surface area (Å²) in [7, 11) is 0. The second-order valence-corrected chi connectivity index (χ2v) is 6.21. The van der Waals surface area contributed by atoms with Crippen LogP contribution in [0.1, 0.15) is 49.3 Å². The van der Waals surface area contributed by atoms with Crippen LogP contribution in [0.2, 0.25) is 0 Å². The zero-order chi connectivity index (χ0) is 13.1. The van der Waals surface area contributed by atoms with Crippen molar-refractivity contribution in [2.75, 3.05) is 13.1 Å². The lowest BCUT2D eigenvalue weighted by Crippen LogP contribution is -2.26. The number of aliphatic hydroxyl groups is 1. The first kappa shape index (κ1) is 13.1. The number of nitrogens with one attached hydrogen (secondary N) is 1. The highest BCUT2D eigenvalue weighted by atomic mass is 16.3. The van der Waals surface area contributed by atoms with E-state index < -0.39 is 0 Å². The van der Waals surface area contributed by atoms with E-state index in [-0.39, 0.29) is 6.10 Å². The molecule has 0 spiro atoms. The lowest BCUT2D eigenvalue weighted by Gasteiger charge is -2.30. The zero-order valence-electron chi connectivity index (χ0n) is 11.6. The highest BCUT2D eigenvalue weighted by Crippen LogP contribution is 2.36. The Morgan fingerprint density at radius 2 is 1.84 bits per heavy atom. The van der Waals surface area contributed by atoms with Crippen molar-refractivity contribution >= 4 is 0 Å². The summed E-state index contributed by atoms with van der Waals surface area (Å²) in [6.45, 7) is 2.21. The number of hydrogen-bond donors (Lipinski definition) is 2. The predicted molar refractivity (Wildman–Crippen MR) is 78.0 cm³/mol. The first-order chi connectivity index (χ1) is 9.34. The number of aryl methyl sites for hydroxylation is 1. The van der Waals surface area contributed by atoms with E-state index in [0.717, 1.165) is 43.8 Å². The van der Waals surface area contributed by atoms with E-state index in [2.05, 4.69) is 23.5 Å². The minimum absolute atomic E-state index is 0.254. The second-order valence-electron chi connectivity index (χ2n) is 6.21. The van der Waals surface area contributed by atoms with Crippen molar-refractivity contribution in [3.05, 3.63) is 35.4 Å². The summed E-state index contributed by atoms with van der Waals surface area (Å²) in [4.78, 5) is 0. The molecule has 0 aromatic heterocycles. The number of fused-ring (bicyclic) bond motifs is 1. The van der Waals surface area contributed by atoms with Gasteiger partial charge in [0.15, 0.2) is 0 Å². The van der Waals surface area contributed by atoms with Crippen LogP contribution >= 0.6 is 0 Å². The van der Waals surface area contributed by atoms with Gasteiger partial charge in [-0.3, -0.25) is 0 Å². The molecule has 2 nitrogen and oxygen atoms in total. The molecule has 2 N–H and O–H groups in total. The van der Waals surface area contributed by atoms with E-state index >= 15 is 0 Å². The molecule has 0 heterocycles. The van der Waals surface area contributed by atoms with Crippen LogP contribution in [0.15, 0.2) is 24.3 Å². The SMILES string of the molecule is OC1c2ccccc2CCC1CCNCCC1CC1. The average molecular weight is 259 g/mol. The minimum Gasteiger partial charge on any atom is -0.388 e. The van der Waals surface area contributed by atoms with E-state index in [4.69, 9.17) is 0 Å². The Hall–Kier alpha value is -0.860. The van der Waals surface area contributed by atoms with Crippen molar-refractivity contribution in [1.82, 2.24) is 5.32 Å². The van der Waals surface area contributed by atoms with Gasteiger partial charge in [-0.05, 0) is 61.7 Å². The first-order valence-corrected chi connectivity index (χ1v) is 7.81. The lowest BCUT2D eigenvalue weighted by molar-refractivity contribution is 0.0885. The van der Waals surface area contributed by atoms with E-state index in [1.165, 1.54) is 24.8 Å². The fourth-order valence-electron chi connectivity index (χ4n) is 3.23. The number of benzene rings is 1. The van der Waals surface area contributed by atoms with Crippen LogP contribution in [0.5, 0.6) is 0 Å². The number of hydrogen-bond acceptors (Lipinski definition) is 2. The molecule has 1 fully saturated rings. The average Bonchev–Trinajstić information content (AvgIpc) is 3.25. The van der Waals surface area contributed by atoms with Gasteiger partial charge in [0.1, 0.15) is 0 Å². The molecular formula is C17H25NO. The van der Waals surface area contributed by atoms with Crippen molar-refractivity contribution in [3.63, 3.8) is 0 Å². The first-order valence-electron chi connectivity index (χ1n) is 7.81. The van der Waals surface area contributed by atoms with Crippen LogP contribution in [0, 0.1) is 11.8 Å². The monoisotopic (exact) mass is 259 g/mol. The molecule has 0 radical (unpaired) electrons. The van der Waals surface area contributed by atoms with Gasteiger partial charge in [0.2, 0.25) is 0 Å². The summed E-state index contributed by atoms with van der Waals surface area (Å²) >= 11 is 0. The van der Waals surface area contributed by atoms with Crippen molar-refractivity contribution in [3.8, 4) is 0 Å². The van der Waals surface area contributed by atoms with Gasteiger partial charge < -0.3 is 10.4 Å². The lowest BCUT2D eigenvalue weighted by atomic mass is 9.80. The van der Waals surface area contributed by atoms with Crippen LogP contribution in [0.4, 0.5) is 0 Å². The van der Waals surface area contributed by atoms with Crippen molar-refractivity contribution in [2.24, 2.45) is 11.8 Å². The Bertz CT molecular complexity index is 413. The molecule has 2 aliphatic rings. The van der Waals surface area contributed by atoms with Crippen LogP contribution in [-0.2, 0) is 6.42 Å². The van der Waals surface area contributed by atoms with Gasteiger partial charge in [-0.15, -0.1) is 0 Å². The third kappa shape index (κ3) is 3.37. The smallest absolute Gasteiger partial charge is 0.0821 e. The molecule has 19 heavy (non-hydrogen) atoms. The molecule has 0 bridgehead atoms. The molecule has 1 aromatic rings. The van der Waals surface area contributed by atoms with Crippen LogP contribution in [0.3, 0.4) is 0 Å². The standard InChI is InChI=1S/C17H25NO/c19-17-15(10-12-18-11-9-13-5-6-13)8-7-14-3-1-2-4-16(14)17/h1-4,13,15,17-19H,5-12H2. The van der Waals surface area contributed by atoms with Crippen LogP contribution in [0.25, 0.3) is 0 Å². The quantitative estimate of drug-likeness (QED) is 0.770. The van der Waals surface area contributed by atoms with Gasteiger partial charge in [-0.2, -0.15) is 0 Å². The van der Waals surface area contributed by atoms with Gasteiger partial charge in [0, 0.05) is 0 Å². The molecule has 0 saturated heterocycles. The highest BCUT2D eigenvalue weighted by Gasteiger charge is 2.27. The van der Waals surface area contributed by atoms with E-state index in [0.29, 0.717) is 5.92 Å². The Morgan fingerprint density at radius 1 is 1.05 bits per heavy atom. The fourth-order valence-corrected chi connectivity index (χ4v) is 3.23. The maximum Gasteiger partial charge on any atom is 0.0821 e. The minimum atomic E-state index is -0.254. The van der Waals surface area contributed by atoms with Crippen molar-refractivity contribution in [2.45, 2.75) is 44.6 Å². The predicted octanol–water partition coefficient (Wildman–Crippen LogP) is 3.06. The molecule has 1 aromatic carbocycles. The highest BCUT2D eigenvalue weighted by molar-refractivity contribution is 5.31. The summed E-state index contributed by atoms with van der Waals surface area (Å²) < 4.78 is 0. The Kier molecular flexibility index (Phi) is 4.19. The van der Waals surface area contributed by atoms with Gasteiger partial charge in [-0.25, -0.2) is 0 Å². The number of aliphatic hydroxyl groups excluding tert-OH is 1. The van der Waals surface area contributed by atoms with Gasteiger partial charge in [0.25, 0.3) is 0 Å². The largest absolute Gasteiger partial charge is 0.388 e. The molecule has 2 aliphatic carbocycles. The Morgan fingerprint density at radius 3 is 2.68 bits per heavy atom. The summed E-state index contributed by atoms with van der Waals surface area (Å²) in [6, 6.07) is 8.36. The third-order valence-electron chi connectivity index (χ3n) is 4.72.